The number of hydrogen-bond donors (Lipinski definition) is 1. The molecule has 7 nitrogen and oxygen atoms in total. The van der Waals surface area contributed by atoms with E-state index in [1.807, 2.05) is 25.2 Å². The molecule has 3 rings (SSSR count). The minimum absolute atomic E-state index is 0. The maximum Gasteiger partial charge on any atom is 0.257 e. The molecule has 0 fully saturated rings. The Morgan fingerprint density at radius 1 is 1.40 bits per heavy atom. The third kappa shape index (κ3) is 4.31. The van der Waals surface area contributed by atoms with E-state index >= 15 is 0 Å². The lowest BCUT2D eigenvalue weighted by atomic mass is 10.0. The SMILES string of the molecule is CNC(C)Cc1noc(-c2ccc3c(c2)CCCN3S(C)(=O)=O)n1.Cl. The molecule has 0 spiro atoms. The number of sulfonamides is 1. The van der Waals surface area contributed by atoms with Gasteiger partial charge >= 0.3 is 0 Å². The predicted octanol–water partition coefficient (Wildman–Crippen LogP) is 2.02. The summed E-state index contributed by atoms with van der Waals surface area (Å²) < 4.78 is 30.7. The van der Waals surface area contributed by atoms with Gasteiger partial charge in [0.1, 0.15) is 0 Å². The number of likely N-dealkylation sites (N-methyl/N-ethyl adjacent to an activating group) is 1. The van der Waals surface area contributed by atoms with Crippen molar-refractivity contribution in [2.75, 3.05) is 24.2 Å². The smallest absolute Gasteiger partial charge is 0.257 e. The number of nitrogens with zero attached hydrogens (tertiary/aromatic N) is 3. The van der Waals surface area contributed by atoms with Gasteiger partial charge in [0.15, 0.2) is 5.82 Å². The van der Waals surface area contributed by atoms with Crippen LogP contribution in [0.2, 0.25) is 0 Å². The minimum atomic E-state index is -3.25. The number of halogens is 1. The van der Waals surface area contributed by atoms with Crippen LogP contribution in [0.5, 0.6) is 0 Å². The summed E-state index contributed by atoms with van der Waals surface area (Å²) in [5.41, 5.74) is 2.56. The van der Waals surface area contributed by atoms with E-state index in [2.05, 4.69) is 22.4 Å². The van der Waals surface area contributed by atoms with Gasteiger partial charge in [-0.25, -0.2) is 8.42 Å². The van der Waals surface area contributed by atoms with Crippen molar-refractivity contribution in [3.8, 4) is 11.5 Å². The number of benzene rings is 1. The first-order valence-electron chi connectivity index (χ1n) is 7.99. The summed E-state index contributed by atoms with van der Waals surface area (Å²) in [7, 11) is -1.36. The van der Waals surface area contributed by atoms with Crippen molar-refractivity contribution < 1.29 is 12.9 Å². The fraction of sp³-hybridized carbons (Fsp3) is 0.500. The first kappa shape index (κ1) is 19.7. The Bertz CT molecular complexity index is 838. The largest absolute Gasteiger partial charge is 0.334 e. The standard InChI is InChI=1S/C16H22N4O3S.ClH/c1-11(17-2)9-15-18-16(23-19-15)13-6-7-14-12(10-13)5-4-8-20(14)24(3,21)22;/h6-7,10-11,17H,4-5,8-9H2,1-3H3;1H. The summed E-state index contributed by atoms with van der Waals surface area (Å²) in [5, 5.41) is 7.15. The van der Waals surface area contributed by atoms with E-state index in [4.69, 9.17) is 4.52 Å². The second-order valence-corrected chi connectivity index (χ2v) is 8.10. The molecule has 1 aromatic heterocycles. The van der Waals surface area contributed by atoms with Crippen molar-refractivity contribution in [2.45, 2.75) is 32.2 Å². The van der Waals surface area contributed by atoms with Gasteiger partial charge in [-0.3, -0.25) is 4.31 Å². The van der Waals surface area contributed by atoms with Gasteiger partial charge in [0.2, 0.25) is 10.0 Å². The normalized spacial score (nSPS) is 15.4. The Hall–Kier alpha value is -1.64. The zero-order valence-corrected chi connectivity index (χ0v) is 16.2. The van der Waals surface area contributed by atoms with E-state index in [9.17, 15) is 8.42 Å². The van der Waals surface area contributed by atoms with E-state index in [0.29, 0.717) is 24.7 Å². The molecule has 9 heteroatoms. The zero-order valence-electron chi connectivity index (χ0n) is 14.5. The molecule has 0 saturated heterocycles. The van der Waals surface area contributed by atoms with Crippen LogP contribution in [0.1, 0.15) is 24.7 Å². The second kappa shape index (κ2) is 7.72. The van der Waals surface area contributed by atoms with Crippen LogP contribution in [0.3, 0.4) is 0 Å². The Balaban J connectivity index is 0.00000225. The van der Waals surface area contributed by atoms with Gasteiger partial charge in [0.25, 0.3) is 5.89 Å². The third-order valence-corrected chi connectivity index (χ3v) is 5.43. The van der Waals surface area contributed by atoms with Gasteiger partial charge in [-0.2, -0.15) is 4.98 Å². The molecule has 138 valence electrons. The molecule has 1 aliphatic heterocycles. The highest BCUT2D eigenvalue weighted by Gasteiger charge is 2.24. The van der Waals surface area contributed by atoms with Crippen LogP contribution >= 0.6 is 12.4 Å². The van der Waals surface area contributed by atoms with Crippen molar-refractivity contribution in [1.82, 2.24) is 15.5 Å². The van der Waals surface area contributed by atoms with Gasteiger partial charge in [0, 0.05) is 24.6 Å². The lowest BCUT2D eigenvalue weighted by molar-refractivity contribution is 0.418. The molecule has 1 atom stereocenters. The summed E-state index contributed by atoms with van der Waals surface area (Å²) in [6.07, 6.45) is 3.57. The van der Waals surface area contributed by atoms with Gasteiger partial charge < -0.3 is 9.84 Å². The first-order valence-corrected chi connectivity index (χ1v) is 9.84. The average Bonchev–Trinajstić information content (AvgIpc) is 3.01. The van der Waals surface area contributed by atoms with E-state index in [-0.39, 0.29) is 18.4 Å². The molecular formula is C16H23ClN4O3S. The van der Waals surface area contributed by atoms with Crippen LogP contribution in [0.15, 0.2) is 22.7 Å². The van der Waals surface area contributed by atoms with E-state index in [1.54, 1.807) is 0 Å². The summed E-state index contributed by atoms with van der Waals surface area (Å²) >= 11 is 0. The molecule has 25 heavy (non-hydrogen) atoms. The first-order chi connectivity index (χ1) is 11.4. The van der Waals surface area contributed by atoms with Crippen LogP contribution < -0.4 is 9.62 Å². The molecule has 2 aromatic rings. The summed E-state index contributed by atoms with van der Waals surface area (Å²) in [5.74, 6) is 1.12. The maximum absolute atomic E-state index is 11.9. The number of aryl methyl sites for hydroxylation is 1. The fourth-order valence-corrected chi connectivity index (χ4v) is 3.87. The quantitative estimate of drug-likeness (QED) is 0.845. The van der Waals surface area contributed by atoms with Crippen LogP contribution in [0, 0.1) is 0 Å². The van der Waals surface area contributed by atoms with Gasteiger partial charge in [-0.05, 0) is 50.6 Å². The molecule has 0 saturated carbocycles. The molecule has 0 bridgehead atoms. The van der Waals surface area contributed by atoms with Crippen molar-refractivity contribution >= 4 is 28.1 Å². The highest BCUT2D eigenvalue weighted by atomic mass is 35.5. The molecule has 1 aromatic carbocycles. The highest BCUT2D eigenvalue weighted by molar-refractivity contribution is 7.92. The molecular weight excluding hydrogens is 364 g/mol. The fourth-order valence-electron chi connectivity index (χ4n) is 2.87. The maximum atomic E-state index is 11.9. The molecule has 1 unspecified atom stereocenters. The van der Waals surface area contributed by atoms with Gasteiger partial charge in [-0.15, -0.1) is 12.4 Å². The van der Waals surface area contributed by atoms with Crippen molar-refractivity contribution in [2.24, 2.45) is 0 Å². The minimum Gasteiger partial charge on any atom is -0.334 e. The number of hydrogen-bond acceptors (Lipinski definition) is 6. The van der Waals surface area contributed by atoms with Gasteiger partial charge in [0.05, 0.1) is 11.9 Å². The molecule has 0 radical (unpaired) electrons. The van der Waals surface area contributed by atoms with E-state index in [0.717, 1.165) is 29.7 Å². The monoisotopic (exact) mass is 386 g/mol. The summed E-state index contributed by atoms with van der Waals surface area (Å²) in [4.78, 5) is 4.44. The van der Waals surface area contributed by atoms with E-state index in [1.165, 1.54) is 10.6 Å². The molecule has 1 N–H and O–H groups in total. The Morgan fingerprint density at radius 3 is 2.84 bits per heavy atom. The highest BCUT2D eigenvalue weighted by Crippen LogP contribution is 2.32. The number of nitrogens with one attached hydrogen (secondary N) is 1. The lowest BCUT2D eigenvalue weighted by Crippen LogP contribution is -2.34. The van der Waals surface area contributed by atoms with Crippen LogP contribution in [0.4, 0.5) is 5.69 Å². The molecule has 2 heterocycles. The summed E-state index contributed by atoms with van der Waals surface area (Å²) in [6.45, 7) is 2.58. The average molecular weight is 387 g/mol. The Labute approximate surface area is 154 Å². The topological polar surface area (TPSA) is 88.3 Å². The Kier molecular flexibility index (Phi) is 6.08. The second-order valence-electron chi connectivity index (χ2n) is 6.19. The molecule has 0 amide bonds. The van der Waals surface area contributed by atoms with Crippen LogP contribution in [-0.4, -0.2) is 44.4 Å². The van der Waals surface area contributed by atoms with Crippen molar-refractivity contribution in [3.05, 3.63) is 29.6 Å². The van der Waals surface area contributed by atoms with Crippen LogP contribution in [0.25, 0.3) is 11.5 Å². The lowest BCUT2D eigenvalue weighted by Gasteiger charge is -2.29. The number of rotatable bonds is 5. The van der Waals surface area contributed by atoms with Gasteiger partial charge in [-0.1, -0.05) is 5.16 Å². The Morgan fingerprint density at radius 2 is 2.16 bits per heavy atom. The molecule has 1 aliphatic rings. The molecule has 0 aliphatic carbocycles. The summed E-state index contributed by atoms with van der Waals surface area (Å²) in [6, 6.07) is 5.87. The third-order valence-electron chi connectivity index (χ3n) is 4.25. The van der Waals surface area contributed by atoms with Crippen molar-refractivity contribution in [1.29, 1.82) is 0 Å². The predicted molar refractivity (Wildman–Crippen MR) is 99.7 cm³/mol. The number of fused-ring (bicyclic) bond motifs is 1. The van der Waals surface area contributed by atoms with Crippen molar-refractivity contribution in [3.63, 3.8) is 0 Å². The number of anilines is 1. The number of aromatic nitrogens is 2. The van der Waals surface area contributed by atoms with E-state index < -0.39 is 10.0 Å². The van der Waals surface area contributed by atoms with Crippen LogP contribution in [-0.2, 0) is 22.9 Å². The zero-order chi connectivity index (χ0) is 17.3.